The van der Waals surface area contributed by atoms with Crippen molar-refractivity contribution >= 4 is 22.4 Å². The lowest BCUT2D eigenvalue weighted by Crippen LogP contribution is -2.21. The number of hydrogen-bond acceptors (Lipinski definition) is 4. The van der Waals surface area contributed by atoms with Gasteiger partial charge in [0.25, 0.3) is 11.1 Å². The summed E-state index contributed by atoms with van der Waals surface area (Å²) >= 11 is 0. The van der Waals surface area contributed by atoms with Crippen molar-refractivity contribution in [3.8, 4) is 5.75 Å². The van der Waals surface area contributed by atoms with Crippen molar-refractivity contribution in [2.75, 3.05) is 12.4 Å². The number of amides is 1. The second-order valence-electron chi connectivity index (χ2n) is 5.53. The number of aryl methyl sites for hydroxylation is 1. The van der Waals surface area contributed by atoms with E-state index in [9.17, 15) is 14.4 Å². The molecule has 0 radical (unpaired) electrons. The van der Waals surface area contributed by atoms with E-state index in [0.717, 1.165) is 11.3 Å². The zero-order chi connectivity index (χ0) is 17.8. The van der Waals surface area contributed by atoms with Gasteiger partial charge < -0.3 is 10.1 Å². The minimum atomic E-state index is -0.458. The predicted molar refractivity (Wildman–Crippen MR) is 95.1 cm³/mol. The maximum Gasteiger partial charge on any atom is 0.272 e. The van der Waals surface area contributed by atoms with E-state index in [-0.39, 0.29) is 23.1 Å². The van der Waals surface area contributed by atoms with Crippen LogP contribution >= 0.6 is 0 Å². The molecular formula is C18H17N3O4. The molecular weight excluding hydrogens is 322 g/mol. The third kappa shape index (κ3) is 3.60. The number of fused-ring (bicyclic) bond motifs is 1. The number of carbonyl (C=O) groups is 1. The highest BCUT2D eigenvalue weighted by molar-refractivity contribution is 6.01. The number of aromatic nitrogens is 2. The first kappa shape index (κ1) is 16.5. The van der Waals surface area contributed by atoms with Crippen LogP contribution in [-0.4, -0.2) is 23.2 Å². The largest absolute Gasteiger partial charge is 0.497 e. The summed E-state index contributed by atoms with van der Waals surface area (Å²) in [6.07, 6.45) is 0.807. The number of hydrogen-bond donors (Lipinski definition) is 3. The molecule has 0 unspecified atom stereocenters. The van der Waals surface area contributed by atoms with Crippen molar-refractivity contribution < 1.29 is 9.53 Å². The molecule has 7 heteroatoms. The lowest BCUT2D eigenvalue weighted by molar-refractivity contribution is -0.116. The third-order valence-electron chi connectivity index (χ3n) is 3.90. The van der Waals surface area contributed by atoms with Crippen LogP contribution in [0.5, 0.6) is 5.75 Å². The van der Waals surface area contributed by atoms with Gasteiger partial charge in [0.15, 0.2) is 0 Å². The maximum atomic E-state index is 12.2. The van der Waals surface area contributed by atoms with E-state index in [0.29, 0.717) is 12.1 Å². The highest BCUT2D eigenvalue weighted by atomic mass is 16.5. The quantitative estimate of drug-likeness (QED) is 0.659. The van der Waals surface area contributed by atoms with Crippen LogP contribution in [0.1, 0.15) is 12.0 Å². The minimum Gasteiger partial charge on any atom is -0.497 e. The number of H-pyrrole nitrogens is 2. The number of anilines is 1. The monoisotopic (exact) mass is 339 g/mol. The second-order valence-corrected chi connectivity index (χ2v) is 5.53. The number of aromatic amines is 2. The Morgan fingerprint density at radius 1 is 1.04 bits per heavy atom. The molecule has 0 aliphatic rings. The molecule has 0 fully saturated rings. The number of ether oxygens (including phenoxy) is 1. The van der Waals surface area contributed by atoms with E-state index in [2.05, 4.69) is 15.5 Å². The Morgan fingerprint density at radius 2 is 1.76 bits per heavy atom. The van der Waals surface area contributed by atoms with E-state index < -0.39 is 11.1 Å². The van der Waals surface area contributed by atoms with E-state index in [4.69, 9.17) is 4.74 Å². The lowest BCUT2D eigenvalue weighted by Gasteiger charge is -2.08. The van der Waals surface area contributed by atoms with Crippen molar-refractivity contribution in [2.45, 2.75) is 12.8 Å². The van der Waals surface area contributed by atoms with Gasteiger partial charge in [-0.3, -0.25) is 24.6 Å². The molecule has 0 spiro atoms. The molecule has 3 aromatic rings. The number of nitrogens with one attached hydrogen (secondary N) is 3. The van der Waals surface area contributed by atoms with Gasteiger partial charge in [0.1, 0.15) is 5.75 Å². The molecule has 0 aliphatic carbocycles. The Labute approximate surface area is 142 Å². The fourth-order valence-electron chi connectivity index (χ4n) is 2.60. The average molecular weight is 339 g/mol. The number of benzene rings is 2. The van der Waals surface area contributed by atoms with Crippen LogP contribution in [0.3, 0.4) is 0 Å². The highest BCUT2D eigenvalue weighted by Gasteiger charge is 2.11. The molecule has 2 aromatic carbocycles. The van der Waals surface area contributed by atoms with Gasteiger partial charge in [-0.1, -0.05) is 18.2 Å². The first-order chi connectivity index (χ1) is 12.1. The summed E-state index contributed by atoms with van der Waals surface area (Å²) < 4.78 is 5.10. The zero-order valence-corrected chi connectivity index (χ0v) is 13.6. The first-order valence-electron chi connectivity index (χ1n) is 7.75. The van der Waals surface area contributed by atoms with Crippen LogP contribution < -0.4 is 21.2 Å². The molecule has 0 atom stereocenters. The Morgan fingerprint density at radius 3 is 2.48 bits per heavy atom. The van der Waals surface area contributed by atoms with E-state index >= 15 is 0 Å². The van der Waals surface area contributed by atoms with Crippen molar-refractivity contribution in [3.05, 3.63) is 68.7 Å². The zero-order valence-electron chi connectivity index (χ0n) is 13.6. The van der Waals surface area contributed by atoms with E-state index in [1.807, 2.05) is 24.3 Å². The Balaban J connectivity index is 1.75. The van der Waals surface area contributed by atoms with Crippen LogP contribution in [-0.2, 0) is 11.2 Å². The molecule has 1 amide bonds. The van der Waals surface area contributed by atoms with Gasteiger partial charge in [-0.15, -0.1) is 0 Å². The molecule has 7 nitrogen and oxygen atoms in total. The molecule has 3 N–H and O–H groups in total. The van der Waals surface area contributed by atoms with Gasteiger partial charge in [-0.2, -0.15) is 0 Å². The first-order valence-corrected chi connectivity index (χ1v) is 7.75. The molecule has 25 heavy (non-hydrogen) atoms. The van der Waals surface area contributed by atoms with Gasteiger partial charge in [0.2, 0.25) is 5.91 Å². The number of methoxy groups -OCH3 is 1. The molecule has 0 aliphatic heterocycles. The molecule has 1 heterocycles. The number of rotatable bonds is 5. The van der Waals surface area contributed by atoms with Crippen LogP contribution in [0, 0.1) is 0 Å². The average Bonchev–Trinajstić information content (AvgIpc) is 2.63. The summed E-state index contributed by atoms with van der Waals surface area (Å²) in [5.41, 5.74) is 0.456. The summed E-state index contributed by atoms with van der Waals surface area (Å²) in [4.78, 5) is 36.0. The van der Waals surface area contributed by atoms with Gasteiger partial charge in [-0.25, -0.2) is 0 Å². The third-order valence-corrected chi connectivity index (χ3v) is 3.90. The topological polar surface area (TPSA) is 104 Å². The van der Waals surface area contributed by atoms with Crippen molar-refractivity contribution in [1.29, 1.82) is 0 Å². The van der Waals surface area contributed by atoms with Crippen molar-refractivity contribution in [1.82, 2.24) is 10.2 Å². The van der Waals surface area contributed by atoms with Crippen LogP contribution in [0.15, 0.2) is 52.1 Å². The maximum absolute atomic E-state index is 12.2. The highest BCUT2D eigenvalue weighted by Crippen LogP contribution is 2.17. The molecule has 0 bridgehead atoms. The van der Waals surface area contributed by atoms with Gasteiger partial charge in [-0.05, 0) is 36.2 Å². The van der Waals surface area contributed by atoms with Crippen molar-refractivity contribution in [3.63, 3.8) is 0 Å². The van der Waals surface area contributed by atoms with Crippen LogP contribution in [0.2, 0.25) is 0 Å². The molecule has 128 valence electrons. The van der Waals surface area contributed by atoms with Crippen molar-refractivity contribution in [2.24, 2.45) is 0 Å². The second kappa shape index (κ2) is 7.04. The molecule has 3 rings (SSSR count). The van der Waals surface area contributed by atoms with E-state index in [1.54, 1.807) is 19.2 Å². The summed E-state index contributed by atoms with van der Waals surface area (Å²) in [5.74, 6) is 0.524. The SMILES string of the molecule is COc1ccc(CCC(=O)Nc2cccc3c(=O)[nH][nH]c(=O)c23)cc1. The fourth-order valence-corrected chi connectivity index (χ4v) is 2.60. The standard InChI is InChI=1S/C18H17N3O4/c1-25-12-8-5-11(6-9-12)7-10-15(22)19-14-4-2-3-13-16(14)18(24)21-20-17(13)23/h2-6,8-9H,7,10H2,1H3,(H,19,22)(H,20,23)(H,21,24). The fraction of sp³-hybridized carbons (Fsp3) is 0.167. The Kier molecular flexibility index (Phi) is 4.65. The summed E-state index contributed by atoms with van der Waals surface area (Å²) in [6, 6.07) is 12.2. The number of carbonyl (C=O) groups excluding carboxylic acids is 1. The minimum absolute atomic E-state index is 0.170. The van der Waals surface area contributed by atoms with Crippen LogP contribution in [0.4, 0.5) is 5.69 Å². The Hall–Kier alpha value is -3.35. The van der Waals surface area contributed by atoms with Gasteiger partial charge >= 0.3 is 0 Å². The summed E-state index contributed by atoms with van der Waals surface area (Å²) in [7, 11) is 1.60. The summed E-state index contributed by atoms with van der Waals surface area (Å²) in [5, 5.41) is 7.64. The Bertz CT molecular complexity index is 1020. The van der Waals surface area contributed by atoms with Gasteiger partial charge in [0, 0.05) is 6.42 Å². The summed E-state index contributed by atoms with van der Waals surface area (Å²) in [6.45, 7) is 0. The lowest BCUT2D eigenvalue weighted by atomic mass is 10.1. The molecule has 0 saturated heterocycles. The predicted octanol–water partition coefficient (Wildman–Crippen LogP) is 1.80. The van der Waals surface area contributed by atoms with Crippen LogP contribution in [0.25, 0.3) is 10.8 Å². The van der Waals surface area contributed by atoms with E-state index in [1.165, 1.54) is 6.07 Å². The molecule has 0 saturated carbocycles. The normalized spacial score (nSPS) is 10.6. The van der Waals surface area contributed by atoms with Gasteiger partial charge in [0.05, 0.1) is 23.6 Å². The smallest absolute Gasteiger partial charge is 0.272 e. The molecule has 1 aromatic heterocycles.